The first-order valence-electron chi connectivity index (χ1n) is 9.79. The third kappa shape index (κ3) is 3.10. The zero-order chi connectivity index (χ0) is 20.0. The average molecular weight is 390 g/mol. The van der Waals surface area contributed by atoms with E-state index in [2.05, 4.69) is 15.5 Å². The molecule has 3 aromatic rings. The van der Waals surface area contributed by atoms with Crippen LogP contribution in [0.2, 0.25) is 0 Å². The number of nitrogens with zero attached hydrogens (tertiary/aromatic N) is 5. The van der Waals surface area contributed by atoms with Crippen LogP contribution in [0.3, 0.4) is 0 Å². The number of aromatic nitrogens is 4. The lowest BCUT2D eigenvalue weighted by atomic mass is 9.89. The molecule has 5 rings (SSSR count). The molecule has 8 nitrogen and oxygen atoms in total. The summed E-state index contributed by atoms with van der Waals surface area (Å²) in [6.07, 6.45) is 2.61. The highest BCUT2D eigenvalue weighted by Crippen LogP contribution is 2.33. The molecule has 0 aliphatic carbocycles. The van der Waals surface area contributed by atoms with Gasteiger partial charge in [-0.2, -0.15) is 0 Å². The quantitative estimate of drug-likeness (QED) is 0.739. The maximum atomic E-state index is 12.9. The van der Waals surface area contributed by atoms with Gasteiger partial charge in [0.1, 0.15) is 11.5 Å². The smallest absolute Gasteiger partial charge is 0.293 e. The summed E-state index contributed by atoms with van der Waals surface area (Å²) in [4.78, 5) is 27.5. The molecule has 1 saturated heterocycles. The van der Waals surface area contributed by atoms with Gasteiger partial charge in [-0.1, -0.05) is 18.2 Å². The predicted octanol–water partition coefficient (Wildman–Crippen LogP) is 1.81. The lowest BCUT2D eigenvalue weighted by molar-refractivity contribution is 0.0773. The maximum Gasteiger partial charge on any atom is 0.293 e. The Morgan fingerprint density at radius 3 is 2.55 bits per heavy atom. The fourth-order valence-corrected chi connectivity index (χ4v) is 4.41. The van der Waals surface area contributed by atoms with Gasteiger partial charge in [-0.3, -0.25) is 9.59 Å². The summed E-state index contributed by atoms with van der Waals surface area (Å²) < 4.78 is 3.77. The number of nitrogens with one attached hydrogen (secondary N) is 1. The minimum absolute atomic E-state index is 0.0599. The van der Waals surface area contributed by atoms with Crippen LogP contribution in [0.25, 0.3) is 0 Å². The van der Waals surface area contributed by atoms with Crippen molar-refractivity contribution in [2.24, 2.45) is 18.9 Å². The van der Waals surface area contributed by atoms with Crippen LogP contribution in [0.5, 0.6) is 0 Å². The topological polar surface area (TPSA) is 85.1 Å². The van der Waals surface area contributed by atoms with Gasteiger partial charge in [0.05, 0.1) is 0 Å². The Morgan fingerprint density at radius 2 is 1.79 bits per heavy atom. The Labute approximate surface area is 168 Å². The van der Waals surface area contributed by atoms with Gasteiger partial charge < -0.3 is 19.4 Å². The molecular weight excluding hydrogens is 368 g/mol. The highest BCUT2D eigenvalue weighted by molar-refractivity contribution is 6.01. The van der Waals surface area contributed by atoms with Crippen molar-refractivity contribution in [2.45, 2.75) is 13.0 Å². The first kappa shape index (κ1) is 17.7. The molecule has 8 heteroatoms. The summed E-state index contributed by atoms with van der Waals surface area (Å²) in [5.74, 6) is 1.59. The molecule has 148 valence electrons. The Hall–Kier alpha value is -3.42. The highest BCUT2D eigenvalue weighted by atomic mass is 16.2. The van der Waals surface area contributed by atoms with Gasteiger partial charge in [-0.15, -0.1) is 10.2 Å². The van der Waals surface area contributed by atoms with E-state index in [-0.39, 0.29) is 11.8 Å². The Bertz CT molecular complexity index is 1070. The molecule has 29 heavy (non-hydrogen) atoms. The zero-order valence-corrected chi connectivity index (χ0v) is 16.2. The number of aryl methyl sites for hydroxylation is 1. The summed E-state index contributed by atoms with van der Waals surface area (Å²) in [6.45, 7) is 2.06. The second-order valence-electron chi connectivity index (χ2n) is 7.81. The van der Waals surface area contributed by atoms with Crippen LogP contribution in [-0.4, -0.2) is 49.1 Å². The van der Waals surface area contributed by atoms with Crippen molar-refractivity contribution in [1.29, 1.82) is 0 Å². The molecule has 2 atom stereocenters. The van der Waals surface area contributed by atoms with Crippen LogP contribution in [0.1, 0.15) is 26.9 Å². The van der Waals surface area contributed by atoms with E-state index in [1.54, 1.807) is 0 Å². The molecule has 2 amide bonds. The molecule has 0 spiro atoms. The molecule has 1 N–H and O–H groups in total. The molecule has 1 fully saturated rings. The first-order valence-corrected chi connectivity index (χ1v) is 9.79. The molecule has 4 heterocycles. The number of likely N-dealkylation sites (tertiary alicyclic amines) is 1. The Morgan fingerprint density at radius 1 is 1.00 bits per heavy atom. The number of rotatable bonds is 3. The van der Waals surface area contributed by atoms with Crippen molar-refractivity contribution in [1.82, 2.24) is 24.2 Å². The van der Waals surface area contributed by atoms with Crippen molar-refractivity contribution in [3.8, 4) is 0 Å². The minimum atomic E-state index is -0.261. The fraction of sp³-hybridized carbons (Fsp3) is 0.333. The first-order chi connectivity index (χ1) is 14.1. The number of carbonyl (C=O) groups is 2. The van der Waals surface area contributed by atoms with Crippen LogP contribution >= 0.6 is 0 Å². The second-order valence-corrected chi connectivity index (χ2v) is 7.81. The third-order valence-electron chi connectivity index (χ3n) is 5.95. The monoisotopic (exact) mass is 390 g/mol. The summed E-state index contributed by atoms with van der Waals surface area (Å²) in [5.41, 5.74) is 1.43. The lowest BCUT2D eigenvalue weighted by Gasteiger charge is -2.25. The summed E-state index contributed by atoms with van der Waals surface area (Å²) >= 11 is 0. The van der Waals surface area contributed by atoms with Crippen molar-refractivity contribution in [3.05, 3.63) is 66.0 Å². The fourth-order valence-electron chi connectivity index (χ4n) is 4.41. The molecule has 2 aliphatic rings. The number of fused-ring (bicyclic) bond motifs is 2. The summed E-state index contributed by atoms with van der Waals surface area (Å²) in [7, 11) is 1.88. The van der Waals surface area contributed by atoms with E-state index in [0.717, 1.165) is 17.9 Å². The van der Waals surface area contributed by atoms with Gasteiger partial charge in [-0.25, -0.2) is 0 Å². The van der Waals surface area contributed by atoms with Crippen LogP contribution in [0.4, 0.5) is 5.69 Å². The zero-order valence-electron chi connectivity index (χ0n) is 16.2. The number of hydrogen-bond acceptors (Lipinski definition) is 4. The van der Waals surface area contributed by atoms with Gasteiger partial charge in [-0.05, 0) is 36.1 Å². The molecule has 2 unspecified atom stereocenters. The van der Waals surface area contributed by atoms with Gasteiger partial charge in [0.15, 0.2) is 0 Å². The number of para-hydroxylation sites is 1. The normalized spacial score (nSPS) is 20.2. The summed E-state index contributed by atoms with van der Waals surface area (Å²) in [5, 5.41) is 11.3. The van der Waals surface area contributed by atoms with Crippen LogP contribution in [0, 0.1) is 11.8 Å². The van der Waals surface area contributed by atoms with Crippen LogP contribution in [-0.2, 0) is 20.0 Å². The van der Waals surface area contributed by atoms with E-state index >= 15 is 0 Å². The van der Waals surface area contributed by atoms with Crippen molar-refractivity contribution in [2.75, 3.05) is 18.4 Å². The second kappa shape index (κ2) is 6.88. The van der Waals surface area contributed by atoms with E-state index in [4.69, 9.17) is 0 Å². The Balaban J connectivity index is 1.32. The lowest BCUT2D eigenvalue weighted by Crippen LogP contribution is -2.31. The SMILES string of the molecule is Cn1cccc1C(=O)N1CC2Cc3nnc(C(=O)Nc4ccccc4)n3CC2C1. The summed E-state index contributed by atoms with van der Waals surface area (Å²) in [6, 6.07) is 13.1. The Kier molecular flexibility index (Phi) is 4.19. The number of carbonyl (C=O) groups excluding carboxylic acids is 2. The van der Waals surface area contributed by atoms with Gasteiger partial charge >= 0.3 is 0 Å². The van der Waals surface area contributed by atoms with Gasteiger partial charge in [0.25, 0.3) is 11.8 Å². The average Bonchev–Trinajstić information content (AvgIpc) is 3.43. The maximum absolute atomic E-state index is 12.9. The third-order valence-corrected chi connectivity index (χ3v) is 5.95. The number of anilines is 1. The predicted molar refractivity (Wildman–Crippen MR) is 106 cm³/mol. The van der Waals surface area contributed by atoms with E-state index < -0.39 is 0 Å². The van der Waals surface area contributed by atoms with Gasteiger partial charge in [0, 0.05) is 45.0 Å². The van der Waals surface area contributed by atoms with Crippen molar-refractivity contribution in [3.63, 3.8) is 0 Å². The molecule has 1 aromatic carbocycles. The number of hydrogen-bond donors (Lipinski definition) is 1. The van der Waals surface area contributed by atoms with Crippen LogP contribution < -0.4 is 5.32 Å². The molecule has 2 aromatic heterocycles. The largest absolute Gasteiger partial charge is 0.347 e. The van der Waals surface area contributed by atoms with Crippen molar-refractivity contribution >= 4 is 17.5 Å². The van der Waals surface area contributed by atoms with Gasteiger partial charge in [0.2, 0.25) is 5.82 Å². The van der Waals surface area contributed by atoms with E-state index in [9.17, 15) is 9.59 Å². The van der Waals surface area contributed by atoms with Crippen LogP contribution in [0.15, 0.2) is 48.7 Å². The minimum Gasteiger partial charge on any atom is -0.347 e. The van der Waals surface area contributed by atoms with E-state index in [1.807, 2.05) is 69.7 Å². The highest BCUT2D eigenvalue weighted by Gasteiger charge is 2.41. The standard InChI is InChI=1S/C21H22N6O2/c1-25-9-5-8-17(25)21(29)26-11-14-10-18-23-24-19(27(18)13-15(14)12-26)20(28)22-16-6-3-2-4-7-16/h2-9,14-15H,10-13H2,1H3,(H,22,28). The number of amides is 2. The van der Waals surface area contributed by atoms with E-state index in [0.29, 0.717) is 43.0 Å². The molecule has 0 radical (unpaired) electrons. The number of benzene rings is 1. The molecule has 0 bridgehead atoms. The molecule has 0 saturated carbocycles. The molecule has 2 aliphatic heterocycles. The molecular formula is C21H22N6O2. The van der Waals surface area contributed by atoms with E-state index in [1.165, 1.54) is 0 Å². The van der Waals surface area contributed by atoms with Crippen molar-refractivity contribution < 1.29 is 9.59 Å².